The Kier molecular flexibility index (Phi) is 4.89. The molecule has 0 radical (unpaired) electrons. The highest BCUT2D eigenvalue weighted by Crippen LogP contribution is 2.32. The van der Waals surface area contributed by atoms with Crippen LogP contribution in [0.3, 0.4) is 0 Å². The van der Waals surface area contributed by atoms with E-state index in [2.05, 4.69) is 5.32 Å². The lowest BCUT2D eigenvalue weighted by atomic mass is 10.2. The standard InChI is InChI=1S/C19H21NO4/c1-3-16(24-15-7-4-13(2)5-8-15)19(21)20-11-14-6-9-17-18(10-14)23-12-22-17/h4-10,16H,3,11-12H2,1-2H3,(H,20,21)/t16-/m1/s1. The lowest BCUT2D eigenvalue weighted by molar-refractivity contribution is -0.128. The first-order valence-electron chi connectivity index (χ1n) is 8.05. The number of rotatable bonds is 6. The molecule has 0 aliphatic carbocycles. The third-order valence-electron chi connectivity index (χ3n) is 3.87. The fourth-order valence-electron chi connectivity index (χ4n) is 2.46. The van der Waals surface area contributed by atoms with Crippen LogP contribution in [0.4, 0.5) is 0 Å². The van der Waals surface area contributed by atoms with Crippen molar-refractivity contribution >= 4 is 5.91 Å². The van der Waals surface area contributed by atoms with Gasteiger partial charge in [0.05, 0.1) is 0 Å². The normalized spacial score (nSPS) is 13.4. The van der Waals surface area contributed by atoms with Gasteiger partial charge in [-0.3, -0.25) is 4.79 Å². The van der Waals surface area contributed by atoms with E-state index >= 15 is 0 Å². The molecule has 1 atom stereocenters. The summed E-state index contributed by atoms with van der Waals surface area (Å²) in [6, 6.07) is 13.3. The van der Waals surface area contributed by atoms with Crippen LogP contribution in [0.2, 0.25) is 0 Å². The molecule has 5 nitrogen and oxygen atoms in total. The fraction of sp³-hybridized carbons (Fsp3) is 0.316. The highest BCUT2D eigenvalue weighted by atomic mass is 16.7. The van der Waals surface area contributed by atoms with Crippen LogP contribution in [0.1, 0.15) is 24.5 Å². The molecule has 1 heterocycles. The molecule has 0 saturated carbocycles. The van der Waals surface area contributed by atoms with Crippen LogP contribution in [0, 0.1) is 6.92 Å². The zero-order valence-corrected chi connectivity index (χ0v) is 13.9. The molecule has 0 spiro atoms. The highest BCUT2D eigenvalue weighted by Gasteiger charge is 2.19. The molecule has 2 aromatic rings. The second-order valence-electron chi connectivity index (χ2n) is 5.73. The van der Waals surface area contributed by atoms with E-state index in [-0.39, 0.29) is 12.7 Å². The Bertz CT molecular complexity index is 712. The van der Waals surface area contributed by atoms with E-state index in [1.165, 1.54) is 0 Å². The van der Waals surface area contributed by atoms with Crippen molar-refractivity contribution in [2.24, 2.45) is 0 Å². The summed E-state index contributed by atoms with van der Waals surface area (Å²) in [5, 5.41) is 2.91. The predicted octanol–water partition coefficient (Wildman–Crippen LogP) is 3.20. The lowest BCUT2D eigenvalue weighted by Gasteiger charge is -2.17. The molecule has 126 valence electrons. The second kappa shape index (κ2) is 7.25. The smallest absolute Gasteiger partial charge is 0.261 e. The van der Waals surface area contributed by atoms with Gasteiger partial charge in [0.1, 0.15) is 5.75 Å². The van der Waals surface area contributed by atoms with Gasteiger partial charge in [-0.05, 0) is 43.2 Å². The molecule has 0 bridgehead atoms. The van der Waals surface area contributed by atoms with Gasteiger partial charge in [0.2, 0.25) is 6.79 Å². The summed E-state index contributed by atoms with van der Waals surface area (Å²) in [5.74, 6) is 2.02. The summed E-state index contributed by atoms with van der Waals surface area (Å²) < 4.78 is 16.4. The van der Waals surface area contributed by atoms with Crippen LogP contribution >= 0.6 is 0 Å². The van der Waals surface area contributed by atoms with Crippen molar-refractivity contribution in [2.75, 3.05) is 6.79 Å². The van der Waals surface area contributed by atoms with Crippen molar-refractivity contribution in [1.82, 2.24) is 5.32 Å². The van der Waals surface area contributed by atoms with Gasteiger partial charge < -0.3 is 19.5 Å². The minimum absolute atomic E-state index is 0.129. The lowest BCUT2D eigenvalue weighted by Crippen LogP contribution is -2.37. The average Bonchev–Trinajstić information content (AvgIpc) is 3.07. The summed E-state index contributed by atoms with van der Waals surface area (Å²) in [6.07, 6.45) is 0.0858. The number of carbonyl (C=O) groups excluding carboxylic acids is 1. The van der Waals surface area contributed by atoms with Crippen LogP contribution < -0.4 is 19.5 Å². The van der Waals surface area contributed by atoms with Crippen molar-refractivity contribution in [2.45, 2.75) is 32.9 Å². The van der Waals surface area contributed by atoms with E-state index in [1.807, 2.05) is 56.3 Å². The Morgan fingerprint density at radius 3 is 2.67 bits per heavy atom. The molecule has 1 amide bonds. The zero-order valence-electron chi connectivity index (χ0n) is 13.9. The number of fused-ring (bicyclic) bond motifs is 1. The Morgan fingerprint density at radius 1 is 1.17 bits per heavy atom. The summed E-state index contributed by atoms with van der Waals surface area (Å²) in [6.45, 7) is 4.61. The fourth-order valence-corrected chi connectivity index (χ4v) is 2.46. The molecule has 1 aliphatic rings. The maximum absolute atomic E-state index is 12.4. The molecule has 1 aliphatic heterocycles. The van der Waals surface area contributed by atoms with Gasteiger partial charge in [0.15, 0.2) is 17.6 Å². The first-order chi connectivity index (χ1) is 11.7. The number of nitrogens with one attached hydrogen (secondary N) is 1. The predicted molar refractivity (Wildman–Crippen MR) is 90.3 cm³/mol. The van der Waals surface area contributed by atoms with E-state index in [0.29, 0.717) is 24.5 Å². The van der Waals surface area contributed by atoms with Gasteiger partial charge in [-0.1, -0.05) is 30.7 Å². The third kappa shape index (κ3) is 3.79. The van der Waals surface area contributed by atoms with Gasteiger partial charge in [-0.25, -0.2) is 0 Å². The molecule has 2 aromatic carbocycles. The summed E-state index contributed by atoms with van der Waals surface area (Å²) in [5.41, 5.74) is 2.11. The van der Waals surface area contributed by atoms with Gasteiger partial charge in [0.25, 0.3) is 5.91 Å². The zero-order chi connectivity index (χ0) is 16.9. The van der Waals surface area contributed by atoms with E-state index in [1.54, 1.807) is 0 Å². The van der Waals surface area contributed by atoms with Crippen molar-refractivity contribution in [1.29, 1.82) is 0 Å². The highest BCUT2D eigenvalue weighted by molar-refractivity contribution is 5.81. The molecule has 0 saturated heterocycles. The van der Waals surface area contributed by atoms with Gasteiger partial charge in [0, 0.05) is 6.54 Å². The van der Waals surface area contributed by atoms with Gasteiger partial charge in [-0.2, -0.15) is 0 Å². The number of carbonyl (C=O) groups is 1. The first-order valence-corrected chi connectivity index (χ1v) is 8.05. The van der Waals surface area contributed by atoms with Crippen LogP contribution in [0.5, 0.6) is 17.2 Å². The van der Waals surface area contributed by atoms with Crippen LogP contribution in [-0.2, 0) is 11.3 Å². The quantitative estimate of drug-likeness (QED) is 0.885. The Hall–Kier alpha value is -2.69. The number of hydrogen-bond donors (Lipinski definition) is 1. The Balaban J connectivity index is 1.57. The minimum Gasteiger partial charge on any atom is -0.481 e. The van der Waals surface area contributed by atoms with E-state index < -0.39 is 6.10 Å². The number of aryl methyl sites for hydroxylation is 1. The molecular weight excluding hydrogens is 306 g/mol. The van der Waals surface area contributed by atoms with Gasteiger partial charge in [-0.15, -0.1) is 0 Å². The molecule has 5 heteroatoms. The maximum Gasteiger partial charge on any atom is 0.261 e. The van der Waals surface area contributed by atoms with Crippen molar-refractivity contribution < 1.29 is 19.0 Å². The Morgan fingerprint density at radius 2 is 1.92 bits per heavy atom. The molecule has 24 heavy (non-hydrogen) atoms. The van der Waals surface area contributed by atoms with E-state index in [4.69, 9.17) is 14.2 Å². The van der Waals surface area contributed by atoms with Gasteiger partial charge >= 0.3 is 0 Å². The van der Waals surface area contributed by atoms with Crippen molar-refractivity contribution in [3.8, 4) is 17.2 Å². The number of ether oxygens (including phenoxy) is 3. The first kappa shape index (κ1) is 16.2. The number of benzene rings is 2. The number of hydrogen-bond acceptors (Lipinski definition) is 4. The molecular formula is C19H21NO4. The van der Waals surface area contributed by atoms with E-state index in [0.717, 1.165) is 16.9 Å². The largest absolute Gasteiger partial charge is 0.481 e. The minimum atomic E-state index is -0.512. The summed E-state index contributed by atoms with van der Waals surface area (Å²) >= 11 is 0. The molecule has 1 N–H and O–H groups in total. The second-order valence-corrected chi connectivity index (χ2v) is 5.73. The monoisotopic (exact) mass is 327 g/mol. The van der Waals surface area contributed by atoms with Crippen molar-refractivity contribution in [3.63, 3.8) is 0 Å². The van der Waals surface area contributed by atoms with Crippen molar-refractivity contribution in [3.05, 3.63) is 53.6 Å². The third-order valence-corrected chi connectivity index (χ3v) is 3.87. The summed E-state index contributed by atoms with van der Waals surface area (Å²) in [7, 11) is 0. The average molecular weight is 327 g/mol. The Labute approximate surface area is 141 Å². The maximum atomic E-state index is 12.4. The van der Waals surface area contributed by atoms with Crippen LogP contribution in [-0.4, -0.2) is 18.8 Å². The summed E-state index contributed by atoms with van der Waals surface area (Å²) in [4.78, 5) is 12.4. The SMILES string of the molecule is CC[C@@H](Oc1ccc(C)cc1)C(=O)NCc1ccc2c(c1)OCO2. The molecule has 0 fully saturated rings. The molecule has 0 aromatic heterocycles. The van der Waals surface area contributed by atoms with E-state index in [9.17, 15) is 4.79 Å². The van der Waals surface area contributed by atoms with Crippen LogP contribution in [0.15, 0.2) is 42.5 Å². The topological polar surface area (TPSA) is 56.8 Å². The molecule has 0 unspecified atom stereocenters. The molecule has 3 rings (SSSR count). The van der Waals surface area contributed by atoms with Crippen LogP contribution in [0.25, 0.3) is 0 Å². The number of amides is 1.